The molecule has 0 N–H and O–H groups in total. The van der Waals surface area contributed by atoms with Gasteiger partial charge in [-0.05, 0) is 42.8 Å². The van der Waals surface area contributed by atoms with Crippen molar-refractivity contribution >= 4 is 16.9 Å². The first kappa shape index (κ1) is 21.6. The van der Waals surface area contributed by atoms with Crippen molar-refractivity contribution in [2.24, 2.45) is 0 Å². The number of hydrogen-bond acceptors (Lipinski definition) is 4. The molecule has 0 spiro atoms. The van der Waals surface area contributed by atoms with Crippen LogP contribution < -0.4 is 10.4 Å². The Morgan fingerprint density at radius 2 is 2.00 bits per heavy atom. The van der Waals surface area contributed by atoms with Gasteiger partial charge in [-0.1, -0.05) is 12.6 Å². The second-order valence-corrected chi connectivity index (χ2v) is 7.96. The zero-order valence-corrected chi connectivity index (χ0v) is 18.0. The number of benzene rings is 2. The number of pyridine rings is 1. The molecule has 0 saturated carbocycles. The van der Waals surface area contributed by atoms with Crippen LogP contribution in [0.15, 0.2) is 78.4 Å². The maximum Gasteiger partial charge on any atom is 0.334 e. The number of amides is 1. The first-order valence-corrected chi connectivity index (χ1v) is 10.7. The van der Waals surface area contributed by atoms with Crippen molar-refractivity contribution in [2.75, 3.05) is 13.1 Å². The van der Waals surface area contributed by atoms with E-state index in [-0.39, 0.29) is 29.1 Å². The highest BCUT2D eigenvalue weighted by Gasteiger charge is 2.30. The lowest BCUT2D eigenvalue weighted by molar-refractivity contribution is -0.125. The molecule has 34 heavy (non-hydrogen) atoms. The van der Waals surface area contributed by atoms with Crippen molar-refractivity contribution in [1.29, 1.82) is 0 Å². The van der Waals surface area contributed by atoms with Gasteiger partial charge in [0.1, 0.15) is 11.6 Å². The molecule has 5 rings (SSSR count). The van der Waals surface area contributed by atoms with Gasteiger partial charge in [0.15, 0.2) is 11.6 Å². The molecule has 0 unspecified atom stereocenters. The summed E-state index contributed by atoms with van der Waals surface area (Å²) in [6.07, 6.45) is 4.99. The van der Waals surface area contributed by atoms with Gasteiger partial charge >= 0.3 is 5.69 Å². The molecule has 1 saturated heterocycles. The highest BCUT2D eigenvalue weighted by Crippen LogP contribution is 2.29. The van der Waals surface area contributed by atoms with E-state index >= 15 is 0 Å². The van der Waals surface area contributed by atoms with E-state index < -0.39 is 11.6 Å². The number of carbonyl (C=O) groups excluding carboxylic acids is 1. The largest absolute Gasteiger partial charge is 0.454 e. The first-order valence-electron chi connectivity index (χ1n) is 10.7. The number of carbonyl (C=O) groups is 1. The third-order valence-corrected chi connectivity index (χ3v) is 5.89. The SMILES string of the molecule is C=CC(=O)N1CC[C@@H](n2c(=O)n(-c3ccc(Oc4cccc(F)c4)c(F)c3)c3cnccc32)C1. The van der Waals surface area contributed by atoms with E-state index in [0.717, 1.165) is 6.07 Å². The van der Waals surface area contributed by atoms with Gasteiger partial charge in [0, 0.05) is 31.4 Å². The van der Waals surface area contributed by atoms with Crippen molar-refractivity contribution in [1.82, 2.24) is 19.0 Å². The van der Waals surface area contributed by atoms with Gasteiger partial charge in [0.05, 0.1) is 29.0 Å². The lowest BCUT2D eigenvalue weighted by Gasteiger charge is -2.15. The maximum atomic E-state index is 14.9. The summed E-state index contributed by atoms with van der Waals surface area (Å²) in [5.41, 5.74) is 1.08. The van der Waals surface area contributed by atoms with Crippen LogP contribution in [0.4, 0.5) is 8.78 Å². The van der Waals surface area contributed by atoms with E-state index in [1.807, 2.05) is 0 Å². The lowest BCUT2D eigenvalue weighted by Crippen LogP contribution is -2.31. The molecule has 0 aliphatic carbocycles. The average molecular weight is 462 g/mol. The standard InChI is InChI=1S/C25H20F2N4O3/c1-2-24(32)29-11-9-18(15-29)31-21-8-10-28-14-22(21)30(25(31)33)17-6-7-23(20(27)13-17)34-19-5-3-4-16(26)12-19/h2-8,10,12-14,18H,1,9,11,15H2/t18-/m1/s1. The number of hydrogen-bond donors (Lipinski definition) is 0. The summed E-state index contributed by atoms with van der Waals surface area (Å²) in [7, 11) is 0. The Morgan fingerprint density at radius 1 is 1.15 bits per heavy atom. The quantitative estimate of drug-likeness (QED) is 0.417. The molecule has 7 nitrogen and oxygen atoms in total. The Labute approximate surface area is 193 Å². The van der Waals surface area contributed by atoms with Gasteiger partial charge in [-0.25, -0.2) is 13.6 Å². The number of halogens is 2. The van der Waals surface area contributed by atoms with Crippen molar-refractivity contribution in [3.05, 3.63) is 95.7 Å². The maximum absolute atomic E-state index is 14.9. The predicted molar refractivity (Wildman–Crippen MR) is 122 cm³/mol. The predicted octanol–water partition coefficient (Wildman–Crippen LogP) is 4.22. The molecule has 172 valence electrons. The third-order valence-electron chi connectivity index (χ3n) is 5.89. The molecule has 0 radical (unpaired) electrons. The molecule has 1 fully saturated rings. The van der Waals surface area contributed by atoms with E-state index in [0.29, 0.717) is 36.2 Å². The van der Waals surface area contributed by atoms with Crippen LogP contribution in [0, 0.1) is 11.6 Å². The summed E-state index contributed by atoms with van der Waals surface area (Å²) < 4.78 is 36.8. The zero-order chi connectivity index (χ0) is 23.8. The molecular weight excluding hydrogens is 442 g/mol. The summed E-state index contributed by atoms with van der Waals surface area (Å²) in [6, 6.07) is 11.0. The van der Waals surface area contributed by atoms with E-state index in [1.54, 1.807) is 34.0 Å². The molecule has 0 bridgehead atoms. The van der Waals surface area contributed by atoms with Crippen LogP contribution >= 0.6 is 0 Å². The number of likely N-dealkylation sites (tertiary alicyclic amines) is 1. The van der Waals surface area contributed by atoms with Gasteiger partial charge in [-0.2, -0.15) is 0 Å². The van der Waals surface area contributed by atoms with Crippen molar-refractivity contribution < 1.29 is 18.3 Å². The Bertz CT molecular complexity index is 1480. The van der Waals surface area contributed by atoms with Crippen LogP contribution in [0.5, 0.6) is 11.5 Å². The van der Waals surface area contributed by atoms with Crippen LogP contribution in [0.25, 0.3) is 16.7 Å². The van der Waals surface area contributed by atoms with E-state index in [1.165, 1.54) is 41.0 Å². The molecule has 2 aromatic carbocycles. The Morgan fingerprint density at radius 3 is 2.76 bits per heavy atom. The smallest absolute Gasteiger partial charge is 0.334 e. The number of nitrogens with zero attached hydrogens (tertiary/aromatic N) is 4. The summed E-state index contributed by atoms with van der Waals surface area (Å²) in [5, 5.41) is 0. The van der Waals surface area contributed by atoms with E-state index in [2.05, 4.69) is 11.6 Å². The number of fused-ring (bicyclic) bond motifs is 1. The van der Waals surface area contributed by atoms with Crippen LogP contribution in [-0.2, 0) is 4.79 Å². The van der Waals surface area contributed by atoms with Crippen LogP contribution in [0.1, 0.15) is 12.5 Å². The van der Waals surface area contributed by atoms with Gasteiger partial charge in [-0.3, -0.25) is 18.9 Å². The number of imidazole rings is 1. The Kier molecular flexibility index (Phi) is 5.45. The highest BCUT2D eigenvalue weighted by molar-refractivity contribution is 5.87. The van der Waals surface area contributed by atoms with Gasteiger partial charge in [-0.15, -0.1) is 0 Å². The van der Waals surface area contributed by atoms with Crippen molar-refractivity contribution in [3.63, 3.8) is 0 Å². The molecule has 9 heteroatoms. The highest BCUT2D eigenvalue weighted by atomic mass is 19.1. The molecule has 3 heterocycles. The molecule has 4 aromatic rings. The lowest BCUT2D eigenvalue weighted by atomic mass is 10.2. The average Bonchev–Trinajstić information content (AvgIpc) is 3.42. The Hall–Kier alpha value is -4.27. The molecule has 2 aromatic heterocycles. The summed E-state index contributed by atoms with van der Waals surface area (Å²) in [5.74, 6) is -1.33. The minimum atomic E-state index is -0.706. The summed E-state index contributed by atoms with van der Waals surface area (Å²) in [6.45, 7) is 4.41. The molecule has 1 aliphatic heterocycles. The van der Waals surface area contributed by atoms with Crippen molar-refractivity contribution in [3.8, 4) is 17.2 Å². The number of rotatable bonds is 5. The van der Waals surface area contributed by atoms with Crippen LogP contribution in [0.3, 0.4) is 0 Å². The fourth-order valence-electron chi connectivity index (χ4n) is 4.32. The normalized spacial score (nSPS) is 15.6. The fraction of sp³-hybridized carbons (Fsp3) is 0.160. The summed E-state index contributed by atoms with van der Waals surface area (Å²) in [4.78, 5) is 31.3. The molecule has 1 aliphatic rings. The van der Waals surface area contributed by atoms with Crippen molar-refractivity contribution in [2.45, 2.75) is 12.5 Å². The second-order valence-electron chi connectivity index (χ2n) is 7.96. The van der Waals surface area contributed by atoms with Crippen LogP contribution in [-0.4, -0.2) is 38.0 Å². The fourth-order valence-corrected chi connectivity index (χ4v) is 4.32. The van der Waals surface area contributed by atoms with E-state index in [4.69, 9.17) is 4.74 Å². The minimum absolute atomic E-state index is 0.0985. The molecular formula is C25H20F2N4O3. The number of ether oxygens (including phenoxy) is 1. The van der Waals surface area contributed by atoms with Gasteiger partial charge in [0.25, 0.3) is 0 Å². The second kappa shape index (κ2) is 8.58. The minimum Gasteiger partial charge on any atom is -0.454 e. The van der Waals surface area contributed by atoms with E-state index in [9.17, 15) is 18.4 Å². The third kappa shape index (κ3) is 3.75. The summed E-state index contributed by atoms with van der Waals surface area (Å²) >= 11 is 0. The van der Waals surface area contributed by atoms with Gasteiger partial charge in [0.2, 0.25) is 5.91 Å². The molecule has 1 amide bonds. The zero-order valence-electron chi connectivity index (χ0n) is 18.0. The Balaban J connectivity index is 1.54. The molecule has 1 atom stereocenters. The van der Waals surface area contributed by atoms with Crippen LogP contribution in [0.2, 0.25) is 0 Å². The number of aromatic nitrogens is 3. The van der Waals surface area contributed by atoms with Gasteiger partial charge < -0.3 is 9.64 Å². The monoisotopic (exact) mass is 462 g/mol. The topological polar surface area (TPSA) is 69.4 Å². The first-order chi connectivity index (χ1) is 16.5.